The lowest BCUT2D eigenvalue weighted by molar-refractivity contribution is -0.247. The number of ether oxygens (including phenoxy) is 3. The van der Waals surface area contributed by atoms with Gasteiger partial charge in [0.25, 0.3) is 0 Å². The lowest BCUT2D eigenvalue weighted by atomic mass is 9.90. The molecule has 0 amide bonds. The number of methoxy groups -OCH3 is 1. The average molecular weight is 386 g/mol. The van der Waals surface area contributed by atoms with Crippen LogP contribution in [0.4, 0.5) is 0 Å². The van der Waals surface area contributed by atoms with Crippen LogP contribution >= 0.6 is 7.60 Å². The predicted octanol–water partition coefficient (Wildman–Crippen LogP) is 3.44. The van der Waals surface area contributed by atoms with Crippen molar-refractivity contribution in [3.63, 3.8) is 0 Å². The molecular weight excluding hydrogens is 359 g/mol. The Bertz CT molecular complexity index is 637. The second-order valence-electron chi connectivity index (χ2n) is 6.41. The van der Waals surface area contributed by atoms with Gasteiger partial charge in [-0.3, -0.25) is 9.36 Å². The molecule has 0 N–H and O–H groups in total. The van der Waals surface area contributed by atoms with Gasteiger partial charge in [-0.2, -0.15) is 0 Å². The Labute approximate surface area is 154 Å². The fourth-order valence-corrected chi connectivity index (χ4v) is 4.00. The molecule has 1 heterocycles. The highest BCUT2D eigenvalue weighted by atomic mass is 31.2. The number of rotatable bonds is 8. The zero-order valence-electron chi connectivity index (χ0n) is 15.8. The summed E-state index contributed by atoms with van der Waals surface area (Å²) in [4.78, 5) is 12.6. The van der Waals surface area contributed by atoms with Gasteiger partial charge in [0.2, 0.25) is 0 Å². The number of carbonyl (C=O) groups is 1. The maximum atomic E-state index is 12.6. The smallest absolute Gasteiger partial charge is 0.337 e. The second kappa shape index (κ2) is 9.11. The highest BCUT2D eigenvalue weighted by Gasteiger charge is 2.39. The van der Waals surface area contributed by atoms with E-state index in [1.807, 2.05) is 31.2 Å². The summed E-state index contributed by atoms with van der Waals surface area (Å²) >= 11 is 0. The van der Waals surface area contributed by atoms with Crippen LogP contribution in [0, 0.1) is 11.8 Å². The van der Waals surface area contributed by atoms with E-state index in [-0.39, 0.29) is 24.0 Å². The van der Waals surface area contributed by atoms with Crippen molar-refractivity contribution in [3.8, 4) is 5.75 Å². The van der Waals surface area contributed by atoms with E-state index in [9.17, 15) is 9.36 Å². The van der Waals surface area contributed by atoms with Crippen LogP contribution in [-0.4, -0.2) is 46.0 Å². The summed E-state index contributed by atoms with van der Waals surface area (Å²) in [6.45, 7) is 4.20. The summed E-state index contributed by atoms with van der Waals surface area (Å²) in [5.41, 5.74) is 0.849. The molecule has 0 bridgehead atoms. The Morgan fingerprint density at radius 1 is 1.23 bits per heavy atom. The van der Waals surface area contributed by atoms with E-state index in [0.717, 1.165) is 11.3 Å². The maximum absolute atomic E-state index is 12.6. The third kappa shape index (κ3) is 4.93. The minimum absolute atomic E-state index is 0.0212. The van der Waals surface area contributed by atoms with Crippen molar-refractivity contribution < 1.29 is 32.6 Å². The van der Waals surface area contributed by atoms with E-state index in [2.05, 4.69) is 0 Å². The number of hydrogen-bond donors (Lipinski definition) is 0. The van der Waals surface area contributed by atoms with Crippen molar-refractivity contribution in [2.45, 2.75) is 26.2 Å². The van der Waals surface area contributed by atoms with E-state index in [4.69, 9.17) is 23.3 Å². The Morgan fingerprint density at radius 3 is 2.38 bits per heavy atom. The van der Waals surface area contributed by atoms with Gasteiger partial charge in [-0.05, 0) is 12.1 Å². The Kier molecular flexibility index (Phi) is 7.38. The molecule has 7 nitrogen and oxygen atoms in total. The van der Waals surface area contributed by atoms with Gasteiger partial charge in [0.05, 0.1) is 19.8 Å². The van der Waals surface area contributed by atoms with Gasteiger partial charge >= 0.3 is 7.60 Å². The first kappa shape index (κ1) is 21.1. The molecule has 0 radical (unpaired) electrons. The summed E-state index contributed by atoms with van der Waals surface area (Å²) < 4.78 is 39.0. The number of Topliss-reactive ketones (excluding diaryl/α,β-unsaturated/α-hetero) is 1. The van der Waals surface area contributed by atoms with Gasteiger partial charge in [-0.15, -0.1) is 0 Å². The molecule has 26 heavy (non-hydrogen) atoms. The van der Waals surface area contributed by atoms with Crippen LogP contribution in [0.15, 0.2) is 24.3 Å². The van der Waals surface area contributed by atoms with Crippen LogP contribution in [0.5, 0.6) is 5.75 Å². The number of benzene rings is 1. The van der Waals surface area contributed by atoms with Crippen molar-refractivity contribution in [1.29, 1.82) is 0 Å². The molecule has 1 saturated heterocycles. The lowest BCUT2D eigenvalue weighted by Gasteiger charge is -2.38. The molecule has 8 heteroatoms. The minimum atomic E-state index is -3.39. The van der Waals surface area contributed by atoms with Crippen LogP contribution < -0.4 is 4.74 Å². The van der Waals surface area contributed by atoms with Crippen LogP contribution in [0.25, 0.3) is 0 Å². The number of ketones is 1. The first-order chi connectivity index (χ1) is 12.3. The molecule has 2 unspecified atom stereocenters. The Hall–Kier alpha value is -1.24. The van der Waals surface area contributed by atoms with Crippen LogP contribution in [0.3, 0.4) is 0 Å². The average Bonchev–Trinajstić information content (AvgIpc) is 2.67. The van der Waals surface area contributed by atoms with Crippen molar-refractivity contribution in [1.82, 2.24) is 0 Å². The van der Waals surface area contributed by atoms with Gasteiger partial charge in [-0.25, -0.2) is 0 Å². The molecule has 1 aromatic carbocycles. The minimum Gasteiger partial charge on any atom is -0.497 e. The molecule has 0 spiro atoms. The van der Waals surface area contributed by atoms with Gasteiger partial charge < -0.3 is 23.3 Å². The summed E-state index contributed by atoms with van der Waals surface area (Å²) in [7, 11) is 0.755. The third-order valence-electron chi connectivity index (χ3n) is 4.65. The van der Waals surface area contributed by atoms with Gasteiger partial charge in [0.1, 0.15) is 17.7 Å². The van der Waals surface area contributed by atoms with Crippen molar-refractivity contribution in [2.24, 2.45) is 11.8 Å². The molecule has 1 fully saturated rings. The second-order valence-corrected chi connectivity index (χ2v) is 8.67. The van der Waals surface area contributed by atoms with Gasteiger partial charge in [-0.1, -0.05) is 26.0 Å². The summed E-state index contributed by atoms with van der Waals surface area (Å²) in [6, 6.07) is 7.40. The molecule has 4 atom stereocenters. The Morgan fingerprint density at radius 2 is 1.85 bits per heavy atom. The molecule has 1 aliphatic heterocycles. The topological polar surface area (TPSA) is 80.3 Å². The van der Waals surface area contributed by atoms with Crippen LogP contribution in [0.2, 0.25) is 0 Å². The molecule has 1 aromatic rings. The predicted molar refractivity (Wildman–Crippen MR) is 96.4 cm³/mol. The molecule has 0 saturated carbocycles. The van der Waals surface area contributed by atoms with E-state index in [1.54, 1.807) is 14.0 Å². The largest absolute Gasteiger partial charge is 0.497 e. The molecule has 0 aliphatic carbocycles. The van der Waals surface area contributed by atoms with Crippen molar-refractivity contribution in [2.75, 3.05) is 34.1 Å². The van der Waals surface area contributed by atoms with E-state index in [1.165, 1.54) is 14.2 Å². The highest BCUT2D eigenvalue weighted by molar-refractivity contribution is 7.54. The highest BCUT2D eigenvalue weighted by Crippen LogP contribution is 2.47. The van der Waals surface area contributed by atoms with E-state index < -0.39 is 19.8 Å². The normalized spacial score (nSPS) is 24.9. The summed E-state index contributed by atoms with van der Waals surface area (Å²) in [6.07, 6.45) is -1.19. The van der Waals surface area contributed by atoms with Gasteiger partial charge in [0.15, 0.2) is 6.29 Å². The first-order valence-corrected chi connectivity index (χ1v) is 10.2. The van der Waals surface area contributed by atoms with E-state index in [0.29, 0.717) is 6.61 Å². The zero-order chi connectivity index (χ0) is 19.3. The number of hydrogen-bond acceptors (Lipinski definition) is 7. The fraction of sp³-hybridized carbons (Fsp3) is 0.611. The molecule has 0 aromatic heterocycles. The lowest BCUT2D eigenvalue weighted by Crippen LogP contribution is -2.42. The SMILES string of the molecule is COc1ccc(C2OC[C@H](C)C([C@@H](C)C(=O)CP(=O)(OC)OC)O2)cc1. The maximum Gasteiger partial charge on any atom is 0.337 e. The fourth-order valence-electron chi connectivity index (χ4n) is 2.92. The molecule has 2 rings (SSSR count). The summed E-state index contributed by atoms with van der Waals surface area (Å²) in [5, 5.41) is 0. The Balaban J connectivity index is 2.08. The number of carbonyl (C=O) groups excluding carboxylic acids is 1. The molecule has 1 aliphatic rings. The first-order valence-electron chi connectivity index (χ1n) is 8.47. The van der Waals surface area contributed by atoms with Crippen LogP contribution in [-0.2, 0) is 27.9 Å². The van der Waals surface area contributed by atoms with E-state index >= 15 is 0 Å². The van der Waals surface area contributed by atoms with Gasteiger partial charge in [0, 0.05) is 31.6 Å². The third-order valence-corrected chi connectivity index (χ3v) is 6.46. The molecule has 146 valence electrons. The summed E-state index contributed by atoms with van der Waals surface area (Å²) in [5.74, 6) is 0.0818. The quantitative estimate of drug-likeness (QED) is 0.633. The standard InChI is InChI=1S/C18H27O7P/c1-12-10-24-18(14-6-8-15(21-3)9-7-14)25-17(12)13(2)16(19)11-26(20,22-4)23-5/h6-9,12-13,17-18H,10-11H2,1-5H3/t12-,13-,17?,18?/m0/s1. The van der Waals surface area contributed by atoms with Crippen LogP contribution in [0.1, 0.15) is 25.7 Å². The van der Waals surface area contributed by atoms with Crippen molar-refractivity contribution >= 4 is 13.4 Å². The molecular formula is C18H27O7P. The van der Waals surface area contributed by atoms with Crippen molar-refractivity contribution in [3.05, 3.63) is 29.8 Å². The monoisotopic (exact) mass is 386 g/mol. The zero-order valence-corrected chi connectivity index (χ0v) is 16.7.